The lowest BCUT2D eigenvalue weighted by molar-refractivity contribution is 0.576. The van der Waals surface area contributed by atoms with Crippen molar-refractivity contribution in [1.29, 1.82) is 0 Å². The van der Waals surface area contributed by atoms with Gasteiger partial charge in [0.1, 0.15) is 0 Å². The minimum atomic E-state index is 0.263. The van der Waals surface area contributed by atoms with Crippen molar-refractivity contribution in [3.63, 3.8) is 0 Å². The SMILES string of the molecule is CSCC(Cc1ccc(Br)cc1Cl)NN. The van der Waals surface area contributed by atoms with E-state index in [1.54, 1.807) is 11.8 Å². The van der Waals surface area contributed by atoms with Crippen LogP contribution < -0.4 is 11.3 Å². The highest BCUT2D eigenvalue weighted by molar-refractivity contribution is 9.10. The molecule has 84 valence electrons. The fourth-order valence-electron chi connectivity index (χ4n) is 1.32. The van der Waals surface area contributed by atoms with Crippen molar-refractivity contribution in [1.82, 2.24) is 5.43 Å². The second-order valence-electron chi connectivity index (χ2n) is 3.26. The molecule has 0 aliphatic heterocycles. The third kappa shape index (κ3) is 4.33. The van der Waals surface area contributed by atoms with Crippen LogP contribution in [0.25, 0.3) is 0 Å². The van der Waals surface area contributed by atoms with Crippen molar-refractivity contribution >= 4 is 39.3 Å². The third-order valence-corrected chi connectivity index (χ3v) is 3.67. The molecule has 0 heterocycles. The zero-order valence-electron chi connectivity index (χ0n) is 8.47. The van der Waals surface area contributed by atoms with Crippen LogP contribution in [0, 0.1) is 0 Å². The predicted molar refractivity (Wildman–Crippen MR) is 72.3 cm³/mol. The second kappa shape index (κ2) is 6.76. The van der Waals surface area contributed by atoms with Crippen molar-refractivity contribution in [3.8, 4) is 0 Å². The molecule has 1 atom stereocenters. The molecule has 1 rings (SSSR count). The highest BCUT2D eigenvalue weighted by Gasteiger charge is 2.09. The molecule has 3 N–H and O–H groups in total. The van der Waals surface area contributed by atoms with Gasteiger partial charge in [-0.15, -0.1) is 0 Å². The average Bonchev–Trinajstić information content (AvgIpc) is 2.21. The standard InChI is InChI=1S/C10H14BrClN2S/c1-15-6-9(14-13)4-7-2-3-8(11)5-10(7)12/h2-3,5,9,14H,4,6,13H2,1H3. The average molecular weight is 310 g/mol. The number of hydrazine groups is 1. The number of benzene rings is 1. The monoisotopic (exact) mass is 308 g/mol. The normalized spacial score (nSPS) is 12.8. The molecule has 0 amide bonds. The molecule has 0 fully saturated rings. The lowest BCUT2D eigenvalue weighted by Gasteiger charge is -2.15. The minimum Gasteiger partial charge on any atom is -0.271 e. The molecule has 1 unspecified atom stereocenters. The van der Waals surface area contributed by atoms with E-state index in [-0.39, 0.29) is 6.04 Å². The van der Waals surface area contributed by atoms with E-state index in [9.17, 15) is 0 Å². The van der Waals surface area contributed by atoms with Gasteiger partial charge in [-0.3, -0.25) is 11.3 Å². The molecule has 2 nitrogen and oxygen atoms in total. The van der Waals surface area contributed by atoms with E-state index in [0.29, 0.717) is 0 Å². The van der Waals surface area contributed by atoms with Gasteiger partial charge in [-0.2, -0.15) is 11.8 Å². The van der Waals surface area contributed by atoms with Crippen LogP contribution in [0.5, 0.6) is 0 Å². The molecule has 0 spiro atoms. The summed E-state index contributed by atoms with van der Waals surface area (Å²) < 4.78 is 0.998. The molecule has 0 aliphatic carbocycles. The van der Waals surface area contributed by atoms with Crippen LogP contribution in [0.1, 0.15) is 5.56 Å². The van der Waals surface area contributed by atoms with Gasteiger partial charge >= 0.3 is 0 Å². The molecule has 15 heavy (non-hydrogen) atoms. The van der Waals surface area contributed by atoms with E-state index in [2.05, 4.69) is 27.6 Å². The van der Waals surface area contributed by atoms with E-state index in [4.69, 9.17) is 17.4 Å². The quantitative estimate of drug-likeness (QED) is 0.649. The van der Waals surface area contributed by atoms with E-state index in [1.807, 2.05) is 18.2 Å². The first-order valence-electron chi connectivity index (χ1n) is 4.56. The van der Waals surface area contributed by atoms with Crippen LogP contribution in [0.4, 0.5) is 0 Å². The van der Waals surface area contributed by atoms with E-state index in [0.717, 1.165) is 27.2 Å². The Morgan fingerprint density at radius 2 is 2.33 bits per heavy atom. The highest BCUT2D eigenvalue weighted by atomic mass is 79.9. The topological polar surface area (TPSA) is 38.0 Å². The molecule has 0 aliphatic rings. The van der Waals surface area contributed by atoms with Gasteiger partial charge in [0.2, 0.25) is 0 Å². The summed E-state index contributed by atoms with van der Waals surface area (Å²) in [5.74, 6) is 6.45. The lowest BCUT2D eigenvalue weighted by Crippen LogP contribution is -2.38. The molecule has 1 aromatic rings. The first kappa shape index (κ1) is 13.3. The Morgan fingerprint density at radius 1 is 1.60 bits per heavy atom. The smallest absolute Gasteiger partial charge is 0.0449 e. The largest absolute Gasteiger partial charge is 0.271 e. The Hall–Kier alpha value is 0.260. The number of nitrogens with one attached hydrogen (secondary N) is 1. The van der Waals surface area contributed by atoms with Gasteiger partial charge in [0.25, 0.3) is 0 Å². The maximum atomic E-state index is 6.13. The Kier molecular flexibility index (Phi) is 6.00. The fraction of sp³-hybridized carbons (Fsp3) is 0.400. The van der Waals surface area contributed by atoms with Gasteiger partial charge < -0.3 is 0 Å². The van der Waals surface area contributed by atoms with E-state index < -0.39 is 0 Å². The third-order valence-electron chi connectivity index (χ3n) is 2.08. The summed E-state index contributed by atoms with van der Waals surface area (Å²) in [6.45, 7) is 0. The van der Waals surface area contributed by atoms with Crippen LogP contribution >= 0.6 is 39.3 Å². The Balaban J connectivity index is 2.70. The van der Waals surface area contributed by atoms with Crippen LogP contribution in [0.15, 0.2) is 22.7 Å². The lowest BCUT2D eigenvalue weighted by atomic mass is 10.1. The van der Waals surface area contributed by atoms with Crippen LogP contribution in [0.3, 0.4) is 0 Å². The molecule has 0 radical (unpaired) electrons. The van der Waals surface area contributed by atoms with Crippen molar-refractivity contribution in [2.24, 2.45) is 5.84 Å². The number of nitrogens with two attached hydrogens (primary N) is 1. The zero-order valence-corrected chi connectivity index (χ0v) is 11.6. The Morgan fingerprint density at radius 3 is 2.87 bits per heavy atom. The number of thioether (sulfide) groups is 1. The van der Waals surface area contributed by atoms with Crippen molar-refractivity contribution in [2.75, 3.05) is 12.0 Å². The zero-order chi connectivity index (χ0) is 11.3. The number of hydrogen-bond donors (Lipinski definition) is 2. The van der Waals surface area contributed by atoms with Gasteiger partial charge in [0, 0.05) is 21.3 Å². The fourth-order valence-corrected chi connectivity index (χ4v) is 2.69. The van der Waals surface area contributed by atoms with Gasteiger partial charge in [-0.25, -0.2) is 0 Å². The number of rotatable bonds is 5. The maximum absolute atomic E-state index is 6.13. The Bertz CT molecular complexity index is 322. The van der Waals surface area contributed by atoms with E-state index in [1.165, 1.54) is 0 Å². The van der Waals surface area contributed by atoms with Gasteiger partial charge in [0.05, 0.1) is 0 Å². The summed E-state index contributed by atoms with van der Waals surface area (Å²) in [6, 6.07) is 6.19. The summed E-state index contributed by atoms with van der Waals surface area (Å²) in [5.41, 5.74) is 3.92. The number of halogens is 2. The minimum absolute atomic E-state index is 0.263. The molecule has 0 bridgehead atoms. The van der Waals surface area contributed by atoms with Crippen molar-refractivity contribution < 1.29 is 0 Å². The molecule has 0 aromatic heterocycles. The first-order valence-corrected chi connectivity index (χ1v) is 7.13. The summed E-state index contributed by atoms with van der Waals surface area (Å²) in [4.78, 5) is 0. The first-order chi connectivity index (χ1) is 7.17. The highest BCUT2D eigenvalue weighted by Crippen LogP contribution is 2.22. The molecular formula is C10H14BrClN2S. The summed E-state index contributed by atoms with van der Waals surface area (Å²) in [7, 11) is 0. The van der Waals surface area contributed by atoms with Gasteiger partial charge in [-0.1, -0.05) is 33.6 Å². The second-order valence-corrected chi connectivity index (χ2v) is 5.49. The summed E-state index contributed by atoms with van der Waals surface area (Å²) in [5, 5.41) is 0.783. The van der Waals surface area contributed by atoms with Crippen LogP contribution in [-0.2, 0) is 6.42 Å². The molecule has 1 aromatic carbocycles. The summed E-state index contributed by atoms with van der Waals surface area (Å²) in [6.07, 6.45) is 2.91. The van der Waals surface area contributed by atoms with Gasteiger partial charge in [-0.05, 0) is 30.4 Å². The van der Waals surface area contributed by atoms with Crippen LogP contribution in [-0.4, -0.2) is 18.1 Å². The van der Waals surface area contributed by atoms with Gasteiger partial charge in [0.15, 0.2) is 0 Å². The molecule has 0 saturated carbocycles. The maximum Gasteiger partial charge on any atom is 0.0449 e. The summed E-state index contributed by atoms with van der Waals surface area (Å²) >= 11 is 11.3. The van der Waals surface area contributed by atoms with Crippen molar-refractivity contribution in [2.45, 2.75) is 12.5 Å². The predicted octanol–water partition coefficient (Wildman–Crippen LogP) is 2.84. The van der Waals surface area contributed by atoms with E-state index >= 15 is 0 Å². The van der Waals surface area contributed by atoms with Crippen molar-refractivity contribution in [3.05, 3.63) is 33.3 Å². The molecule has 0 saturated heterocycles. The Labute approximate surface area is 108 Å². The molecule has 5 heteroatoms. The van der Waals surface area contributed by atoms with Crippen LogP contribution in [0.2, 0.25) is 5.02 Å². The molecular weight excluding hydrogens is 296 g/mol. The number of hydrogen-bond acceptors (Lipinski definition) is 3.